The largest absolute Gasteiger partial charge is 0.0813 e. The van der Waals surface area contributed by atoms with Crippen LogP contribution in [0, 0.1) is 0 Å². The maximum atomic E-state index is 6.33. The first kappa shape index (κ1) is 20.9. The van der Waals surface area contributed by atoms with Gasteiger partial charge in [0.1, 0.15) is 0 Å². The molecule has 0 N–H and O–H groups in total. The van der Waals surface area contributed by atoms with Crippen molar-refractivity contribution < 1.29 is 0 Å². The van der Waals surface area contributed by atoms with Crippen LogP contribution in [-0.4, -0.2) is 0 Å². The first-order chi connectivity index (χ1) is 11.3. The molecular weight excluding hydrogens is 556 g/mol. The highest BCUT2D eigenvalue weighted by Crippen LogP contribution is 2.62. The van der Waals surface area contributed by atoms with Gasteiger partial charge in [-0.05, 0) is 43.2 Å². The van der Waals surface area contributed by atoms with Crippen LogP contribution < -0.4 is 0 Å². The van der Waals surface area contributed by atoms with Crippen molar-refractivity contribution in [1.29, 1.82) is 0 Å². The summed E-state index contributed by atoms with van der Waals surface area (Å²) in [5.74, 6) is 0. The molecule has 0 amide bonds. The summed E-state index contributed by atoms with van der Waals surface area (Å²) in [5.41, 5.74) is 0. The summed E-state index contributed by atoms with van der Waals surface area (Å²) in [6.07, 6.45) is 0. The number of halogens is 8. The molecule has 0 unspecified atom stereocenters. The van der Waals surface area contributed by atoms with E-state index in [9.17, 15) is 0 Å². The molecule has 1 aliphatic heterocycles. The van der Waals surface area contributed by atoms with Gasteiger partial charge in [-0.15, -0.1) is 0 Å². The topological polar surface area (TPSA) is 0 Å². The van der Waals surface area contributed by atoms with Crippen LogP contribution in [-0.2, 0) is 0 Å². The highest BCUT2D eigenvalue weighted by Gasteiger charge is 2.28. The van der Waals surface area contributed by atoms with E-state index in [1.807, 2.05) is 0 Å². The molecule has 0 bridgehead atoms. The molecule has 1 heterocycles. The van der Waals surface area contributed by atoms with Gasteiger partial charge in [0.25, 0.3) is 0 Å². The third kappa shape index (κ3) is 3.58. The Kier molecular flexibility index (Phi) is 7.19. The van der Waals surface area contributed by atoms with Gasteiger partial charge in [-0.3, -0.25) is 0 Å². The minimum Gasteiger partial charge on any atom is -0.0813 e. The second kappa shape index (κ2) is 8.26. The van der Waals surface area contributed by atoms with E-state index in [-0.39, 0.29) is 20.1 Å². The van der Waals surface area contributed by atoms with Gasteiger partial charge in [0.2, 0.25) is 0 Å². The van der Waals surface area contributed by atoms with E-state index in [1.54, 1.807) is 0 Å². The fraction of sp³-hybridized carbons (Fsp3) is 0. The van der Waals surface area contributed by atoms with Crippen LogP contribution in [0.25, 0.3) is 0 Å². The molecule has 12 heteroatoms. The number of hydrogen-bond donors (Lipinski definition) is 0. The second-order valence-corrected chi connectivity index (χ2v) is 11.5. The molecule has 0 fully saturated rings. The predicted molar refractivity (Wildman–Crippen MR) is 116 cm³/mol. The molecule has 0 aliphatic carbocycles. The Labute approximate surface area is 193 Å². The Bertz CT molecular complexity index is 728. The maximum Gasteiger partial charge on any atom is 0.0806 e. The highest BCUT2D eigenvalue weighted by atomic mass is 35.5. The van der Waals surface area contributed by atoms with Crippen molar-refractivity contribution in [3.05, 3.63) is 40.2 Å². The van der Waals surface area contributed by atoms with E-state index in [0.717, 1.165) is 0 Å². The average Bonchev–Trinajstić information content (AvgIpc) is 2.55. The first-order valence-electron chi connectivity index (χ1n) is 5.66. The SMILES string of the molecule is Clc1c(Cl)c(Cl)c2c(c1Cl)SSc1c(Cl)c(Cl)c(Cl)c(Cl)c1SS2. The Morgan fingerprint density at radius 3 is 0.625 bits per heavy atom. The zero-order valence-corrected chi connectivity index (χ0v) is 20.0. The summed E-state index contributed by atoms with van der Waals surface area (Å²) >= 11 is 49.9. The van der Waals surface area contributed by atoms with Gasteiger partial charge < -0.3 is 0 Å². The lowest BCUT2D eigenvalue weighted by molar-refractivity contribution is 1.25. The van der Waals surface area contributed by atoms with Gasteiger partial charge in [0.15, 0.2) is 0 Å². The lowest BCUT2D eigenvalue weighted by atomic mass is 10.3. The van der Waals surface area contributed by atoms with E-state index >= 15 is 0 Å². The molecule has 0 atom stereocenters. The average molecular weight is 556 g/mol. The molecular formula is C12Cl8S4. The molecule has 128 valence electrons. The van der Waals surface area contributed by atoms with Crippen molar-refractivity contribution in [1.82, 2.24) is 0 Å². The van der Waals surface area contributed by atoms with Gasteiger partial charge in [0, 0.05) is 0 Å². The highest BCUT2D eigenvalue weighted by molar-refractivity contribution is 8.79. The molecule has 3 rings (SSSR count). The van der Waals surface area contributed by atoms with Gasteiger partial charge in [-0.1, -0.05) is 92.8 Å². The van der Waals surface area contributed by atoms with E-state index in [1.165, 1.54) is 43.2 Å². The second-order valence-electron chi connectivity index (χ2n) is 4.16. The van der Waals surface area contributed by atoms with Gasteiger partial charge in [-0.25, -0.2) is 0 Å². The Balaban J connectivity index is 2.18. The van der Waals surface area contributed by atoms with Crippen molar-refractivity contribution in [2.75, 3.05) is 0 Å². The molecule has 0 radical (unpaired) electrons. The van der Waals surface area contributed by atoms with Crippen molar-refractivity contribution >= 4 is 136 Å². The van der Waals surface area contributed by atoms with Crippen molar-refractivity contribution in [2.24, 2.45) is 0 Å². The van der Waals surface area contributed by atoms with Crippen LogP contribution in [0.5, 0.6) is 0 Å². The van der Waals surface area contributed by atoms with Gasteiger partial charge in [0.05, 0.1) is 59.8 Å². The minimum atomic E-state index is 0.208. The summed E-state index contributed by atoms with van der Waals surface area (Å²) in [5, 5.41) is 2.16. The Morgan fingerprint density at radius 1 is 0.292 bits per heavy atom. The monoisotopic (exact) mass is 552 g/mol. The summed E-state index contributed by atoms with van der Waals surface area (Å²) in [6, 6.07) is 0. The number of hydrogen-bond acceptors (Lipinski definition) is 4. The molecule has 0 spiro atoms. The molecule has 0 nitrogen and oxygen atoms in total. The number of rotatable bonds is 0. The predicted octanol–water partition coefficient (Wildman–Crippen LogP) is 10.8. The fourth-order valence-electron chi connectivity index (χ4n) is 1.65. The summed E-state index contributed by atoms with van der Waals surface area (Å²) in [6.45, 7) is 0. The third-order valence-electron chi connectivity index (χ3n) is 2.78. The van der Waals surface area contributed by atoms with E-state index in [0.29, 0.717) is 39.7 Å². The van der Waals surface area contributed by atoms with Crippen LogP contribution in [0.1, 0.15) is 0 Å². The van der Waals surface area contributed by atoms with Crippen molar-refractivity contribution in [3.8, 4) is 0 Å². The summed E-state index contributed by atoms with van der Waals surface area (Å²) < 4.78 is 0. The summed E-state index contributed by atoms with van der Waals surface area (Å²) in [7, 11) is 5.38. The lowest BCUT2D eigenvalue weighted by Gasteiger charge is -2.21. The molecule has 1 aliphatic rings. The fourth-order valence-corrected chi connectivity index (χ4v) is 10.7. The van der Waals surface area contributed by atoms with Crippen LogP contribution in [0.3, 0.4) is 0 Å². The standard InChI is InChI=1S/C12Cl8S4/c13-1-2(14)6(18)10-9(5(1)17)21-23-11-7(19)3(15)4(16)8(20)12(11)24-22-10. The quantitative estimate of drug-likeness (QED) is 0.180. The molecule has 2 aromatic carbocycles. The molecule has 0 saturated heterocycles. The molecule has 2 aromatic rings. The molecule has 24 heavy (non-hydrogen) atoms. The molecule has 0 aromatic heterocycles. The number of fused-ring (bicyclic) bond motifs is 2. The summed E-state index contributed by atoms with van der Waals surface area (Å²) in [4.78, 5) is 2.79. The zero-order valence-electron chi connectivity index (χ0n) is 10.7. The van der Waals surface area contributed by atoms with Crippen molar-refractivity contribution in [3.63, 3.8) is 0 Å². The Morgan fingerprint density at radius 2 is 0.458 bits per heavy atom. The van der Waals surface area contributed by atoms with Gasteiger partial charge >= 0.3 is 0 Å². The van der Waals surface area contributed by atoms with Gasteiger partial charge in [-0.2, -0.15) is 0 Å². The third-order valence-corrected chi connectivity index (χ3v) is 12.1. The van der Waals surface area contributed by atoms with E-state index in [4.69, 9.17) is 92.8 Å². The normalized spacial score (nSPS) is 14.0. The van der Waals surface area contributed by atoms with Crippen molar-refractivity contribution in [2.45, 2.75) is 19.6 Å². The van der Waals surface area contributed by atoms with Crippen LogP contribution in [0.4, 0.5) is 0 Å². The van der Waals surface area contributed by atoms with Crippen LogP contribution in [0.2, 0.25) is 40.2 Å². The van der Waals surface area contributed by atoms with Crippen LogP contribution >= 0.6 is 136 Å². The molecule has 0 saturated carbocycles. The lowest BCUT2D eigenvalue weighted by Crippen LogP contribution is -1.90. The zero-order chi connectivity index (χ0) is 17.8. The van der Waals surface area contributed by atoms with E-state index in [2.05, 4.69) is 0 Å². The number of benzene rings is 2. The Hall–Kier alpha value is 2.16. The minimum absolute atomic E-state index is 0.208. The maximum absolute atomic E-state index is 6.33. The first-order valence-corrected chi connectivity index (χ1v) is 13.0. The van der Waals surface area contributed by atoms with Crippen LogP contribution in [0.15, 0.2) is 19.6 Å². The smallest absolute Gasteiger partial charge is 0.0806 e. The van der Waals surface area contributed by atoms with E-state index < -0.39 is 0 Å².